The number of carboxylic acids is 1. The first kappa shape index (κ1) is 20.7. The van der Waals surface area contributed by atoms with Crippen LogP contribution in [0.25, 0.3) is 10.6 Å². The van der Waals surface area contributed by atoms with Gasteiger partial charge < -0.3 is 14.9 Å². The fraction of sp³-hybridized carbons (Fsp3) is 0.111. The van der Waals surface area contributed by atoms with Crippen molar-refractivity contribution in [3.05, 3.63) is 59.2 Å². The average molecular weight is 438 g/mol. The van der Waals surface area contributed by atoms with Gasteiger partial charge in [-0.15, -0.1) is 11.3 Å². The molecule has 1 aromatic heterocycles. The second kappa shape index (κ2) is 8.15. The van der Waals surface area contributed by atoms with E-state index >= 15 is 0 Å². The summed E-state index contributed by atoms with van der Waals surface area (Å²) in [7, 11) is -4.13. The lowest BCUT2D eigenvalue weighted by Gasteiger charge is -2.15. The molecule has 0 amide bonds. The molecule has 3 aromatic rings. The van der Waals surface area contributed by atoms with Crippen LogP contribution in [-0.2, 0) is 10.0 Å². The maximum Gasteiger partial charge on any atom is 0.335 e. The van der Waals surface area contributed by atoms with E-state index in [4.69, 9.17) is 9.84 Å². The number of nitrogens with one attached hydrogen (secondary N) is 1. The smallest absolute Gasteiger partial charge is 0.335 e. The number of aliphatic hydroxyl groups is 1. The number of benzene rings is 2. The van der Waals surface area contributed by atoms with Crippen LogP contribution in [0.1, 0.15) is 17.3 Å². The second-order valence-electron chi connectivity index (χ2n) is 5.84. The molecule has 8 nitrogen and oxygen atoms in total. The molecule has 0 spiro atoms. The van der Waals surface area contributed by atoms with Gasteiger partial charge in [-0.1, -0.05) is 0 Å². The zero-order chi connectivity index (χ0) is 21.2. The quantitative estimate of drug-likeness (QED) is 0.484. The maximum atomic E-state index is 13.1. The molecule has 152 valence electrons. The lowest BCUT2D eigenvalue weighted by Crippen LogP contribution is -2.17. The molecule has 0 aliphatic heterocycles. The Morgan fingerprint density at radius 3 is 2.55 bits per heavy atom. The highest BCUT2D eigenvalue weighted by Gasteiger charge is 2.22. The molecular weight excluding hydrogens is 423 g/mol. The first-order chi connectivity index (χ1) is 13.7. The van der Waals surface area contributed by atoms with Gasteiger partial charge in [0.05, 0.1) is 11.3 Å². The van der Waals surface area contributed by atoms with Crippen LogP contribution >= 0.6 is 11.3 Å². The molecule has 3 N–H and O–H groups in total. The van der Waals surface area contributed by atoms with E-state index in [1.54, 1.807) is 0 Å². The zero-order valence-corrected chi connectivity index (χ0v) is 16.5. The van der Waals surface area contributed by atoms with Crippen LogP contribution in [0, 0.1) is 5.82 Å². The maximum absolute atomic E-state index is 13.1. The fourth-order valence-electron chi connectivity index (χ4n) is 2.33. The van der Waals surface area contributed by atoms with Crippen molar-refractivity contribution in [2.45, 2.75) is 18.2 Å². The number of ether oxygens (including phenoxy) is 1. The third kappa shape index (κ3) is 4.88. The molecule has 0 saturated heterocycles. The summed E-state index contributed by atoms with van der Waals surface area (Å²) in [5, 5.41) is 20.0. The van der Waals surface area contributed by atoms with E-state index in [2.05, 4.69) is 9.71 Å². The Bertz CT molecular complexity index is 1140. The molecule has 29 heavy (non-hydrogen) atoms. The standard InChI is InChI=1S/C18H15FN2O6S2/c1-10(22)27-15-8-12(18(23)24)4-7-14(15)21-29(25,26)16-9-28-17(20-16)11-2-5-13(19)6-3-11/h2-10,21-22H,1H3,(H,23,24). The van der Waals surface area contributed by atoms with E-state index in [0.29, 0.717) is 10.6 Å². The van der Waals surface area contributed by atoms with Gasteiger partial charge in [0.25, 0.3) is 10.0 Å². The van der Waals surface area contributed by atoms with E-state index in [0.717, 1.165) is 17.4 Å². The largest absolute Gasteiger partial charge is 0.478 e. The number of hydrogen-bond acceptors (Lipinski definition) is 7. The van der Waals surface area contributed by atoms with Gasteiger partial charge in [0, 0.05) is 10.9 Å². The lowest BCUT2D eigenvalue weighted by molar-refractivity contribution is 0.000133. The van der Waals surface area contributed by atoms with Gasteiger partial charge in [-0.2, -0.15) is 8.42 Å². The summed E-state index contributed by atoms with van der Waals surface area (Å²) < 4.78 is 45.8. The molecule has 1 heterocycles. The van der Waals surface area contributed by atoms with Crippen LogP contribution < -0.4 is 9.46 Å². The highest BCUT2D eigenvalue weighted by atomic mass is 32.2. The molecule has 0 aliphatic rings. The summed E-state index contributed by atoms with van der Waals surface area (Å²) >= 11 is 1.07. The summed E-state index contributed by atoms with van der Waals surface area (Å²) in [6, 6.07) is 8.96. The molecular formula is C18H15FN2O6S2. The summed E-state index contributed by atoms with van der Waals surface area (Å²) in [6.45, 7) is 1.29. The predicted octanol–water partition coefficient (Wildman–Crippen LogP) is 3.17. The Morgan fingerprint density at radius 2 is 1.93 bits per heavy atom. The number of hydrogen-bond donors (Lipinski definition) is 3. The van der Waals surface area contributed by atoms with E-state index in [9.17, 15) is 22.7 Å². The molecule has 11 heteroatoms. The third-order valence-electron chi connectivity index (χ3n) is 3.62. The van der Waals surface area contributed by atoms with E-state index in [-0.39, 0.29) is 22.0 Å². The first-order valence-electron chi connectivity index (χ1n) is 8.12. The minimum absolute atomic E-state index is 0.0627. The van der Waals surface area contributed by atoms with Crippen molar-refractivity contribution in [3.63, 3.8) is 0 Å². The zero-order valence-electron chi connectivity index (χ0n) is 14.9. The summed E-state index contributed by atoms with van der Waals surface area (Å²) in [5.41, 5.74) is 0.352. The Kier molecular flexibility index (Phi) is 5.82. The van der Waals surface area contributed by atoms with Gasteiger partial charge in [0.2, 0.25) is 0 Å². The topological polar surface area (TPSA) is 126 Å². The van der Waals surface area contributed by atoms with Crippen LogP contribution in [0.2, 0.25) is 0 Å². The average Bonchev–Trinajstić information content (AvgIpc) is 3.14. The number of halogens is 1. The van der Waals surface area contributed by atoms with Gasteiger partial charge in [-0.25, -0.2) is 14.2 Å². The summed E-state index contributed by atoms with van der Waals surface area (Å²) in [4.78, 5) is 15.2. The molecule has 0 radical (unpaired) electrons. The van der Waals surface area contributed by atoms with Crippen LogP contribution in [0.4, 0.5) is 10.1 Å². The van der Waals surface area contributed by atoms with Gasteiger partial charge in [0.1, 0.15) is 16.6 Å². The third-order valence-corrected chi connectivity index (χ3v) is 5.91. The molecule has 0 bridgehead atoms. The van der Waals surface area contributed by atoms with Crippen LogP contribution in [0.5, 0.6) is 5.75 Å². The monoisotopic (exact) mass is 438 g/mol. The van der Waals surface area contributed by atoms with Crippen molar-refractivity contribution in [3.8, 4) is 16.3 Å². The number of aromatic nitrogens is 1. The second-order valence-corrected chi connectivity index (χ2v) is 8.32. The highest BCUT2D eigenvalue weighted by Crippen LogP contribution is 2.31. The Labute approximate surface area is 169 Å². The number of sulfonamides is 1. The lowest BCUT2D eigenvalue weighted by atomic mass is 10.2. The summed E-state index contributed by atoms with van der Waals surface area (Å²) in [6.07, 6.45) is -1.30. The van der Waals surface area contributed by atoms with Gasteiger partial charge in [-0.05, 0) is 49.4 Å². The number of rotatable bonds is 7. The summed E-state index contributed by atoms with van der Waals surface area (Å²) in [5.74, 6) is -1.81. The van der Waals surface area contributed by atoms with Crippen molar-refractivity contribution in [2.24, 2.45) is 0 Å². The fourth-order valence-corrected chi connectivity index (χ4v) is 4.50. The predicted molar refractivity (Wildman–Crippen MR) is 104 cm³/mol. The van der Waals surface area contributed by atoms with E-state index in [1.165, 1.54) is 48.7 Å². The Balaban J connectivity index is 1.91. The van der Waals surface area contributed by atoms with Gasteiger partial charge >= 0.3 is 5.97 Å². The van der Waals surface area contributed by atoms with Crippen molar-refractivity contribution in [1.29, 1.82) is 0 Å². The number of carboxylic acid groups (broad SMARTS) is 1. The molecule has 3 rings (SSSR count). The molecule has 1 atom stereocenters. The number of thiazole rings is 1. The number of aliphatic hydroxyl groups excluding tert-OH is 1. The molecule has 1 unspecified atom stereocenters. The van der Waals surface area contributed by atoms with E-state index < -0.39 is 28.1 Å². The van der Waals surface area contributed by atoms with Crippen molar-refractivity contribution in [1.82, 2.24) is 4.98 Å². The van der Waals surface area contributed by atoms with Crippen LogP contribution in [0.15, 0.2) is 52.9 Å². The van der Waals surface area contributed by atoms with Gasteiger partial charge in [0.15, 0.2) is 11.3 Å². The molecule has 2 aromatic carbocycles. The minimum Gasteiger partial charge on any atom is -0.478 e. The Morgan fingerprint density at radius 1 is 1.24 bits per heavy atom. The molecule has 0 saturated carbocycles. The van der Waals surface area contributed by atoms with E-state index in [1.807, 2.05) is 0 Å². The Hall–Kier alpha value is -3.02. The number of anilines is 1. The van der Waals surface area contributed by atoms with Crippen LogP contribution in [0.3, 0.4) is 0 Å². The van der Waals surface area contributed by atoms with Crippen molar-refractivity contribution in [2.75, 3.05) is 4.72 Å². The number of aromatic carboxylic acids is 1. The highest BCUT2D eigenvalue weighted by molar-refractivity contribution is 7.92. The van der Waals surface area contributed by atoms with Gasteiger partial charge in [-0.3, -0.25) is 4.72 Å². The van der Waals surface area contributed by atoms with Crippen molar-refractivity contribution < 1.29 is 32.6 Å². The van der Waals surface area contributed by atoms with Crippen molar-refractivity contribution >= 4 is 33.0 Å². The minimum atomic E-state index is -4.13. The molecule has 0 fully saturated rings. The number of carbonyl (C=O) groups is 1. The normalized spacial score (nSPS) is 12.4. The first-order valence-corrected chi connectivity index (χ1v) is 10.5. The SMILES string of the molecule is CC(O)Oc1cc(C(=O)O)ccc1NS(=O)(=O)c1csc(-c2ccc(F)cc2)n1. The number of nitrogens with zero attached hydrogens (tertiary/aromatic N) is 1. The van der Waals surface area contributed by atoms with Crippen LogP contribution in [-0.4, -0.2) is 35.9 Å². The molecule has 0 aliphatic carbocycles.